The molecule has 0 atom stereocenters. The Bertz CT molecular complexity index is 1220. The number of nitrogens with one attached hydrogen (secondary N) is 2. The molecule has 7 nitrogen and oxygen atoms in total. The molecule has 5 rings (SSSR count). The van der Waals surface area contributed by atoms with Crippen molar-refractivity contribution in [2.24, 2.45) is 0 Å². The molecule has 0 bridgehead atoms. The van der Waals surface area contributed by atoms with Crippen LogP contribution in [-0.2, 0) is 6.61 Å². The van der Waals surface area contributed by atoms with Gasteiger partial charge in [0.1, 0.15) is 12.4 Å². The standard InChI is InChI=1S/C23H22N4O3S/c1-29-21-9-15(5-8-20(21)30-11-17-12-31-13-24-17)23(28)25-16-6-7-18-19(10-16)27-22(26-18)14-3-2-4-14/h5-10,12-14H,2-4,11H2,1H3,(H,25,28)(H,26,27). The number of ether oxygens (including phenoxy) is 2. The third kappa shape index (κ3) is 4.11. The highest BCUT2D eigenvalue weighted by atomic mass is 32.1. The Balaban J connectivity index is 1.30. The molecule has 2 aromatic carbocycles. The van der Waals surface area contributed by atoms with Gasteiger partial charge in [0.05, 0.1) is 29.3 Å². The van der Waals surface area contributed by atoms with Crippen molar-refractivity contribution in [3.63, 3.8) is 0 Å². The highest BCUT2D eigenvalue weighted by molar-refractivity contribution is 7.07. The molecule has 1 aliphatic carbocycles. The van der Waals surface area contributed by atoms with Crippen molar-refractivity contribution in [1.29, 1.82) is 0 Å². The summed E-state index contributed by atoms with van der Waals surface area (Å²) < 4.78 is 11.2. The van der Waals surface area contributed by atoms with Crippen LogP contribution in [0.15, 0.2) is 47.3 Å². The molecule has 0 unspecified atom stereocenters. The summed E-state index contributed by atoms with van der Waals surface area (Å²) in [5.41, 5.74) is 5.66. The van der Waals surface area contributed by atoms with Crippen molar-refractivity contribution in [2.45, 2.75) is 31.8 Å². The summed E-state index contributed by atoms with van der Waals surface area (Å²) in [7, 11) is 1.55. The predicted octanol–water partition coefficient (Wildman–Crippen LogP) is 5.13. The van der Waals surface area contributed by atoms with Crippen LogP contribution in [0.2, 0.25) is 0 Å². The van der Waals surface area contributed by atoms with Gasteiger partial charge in [-0.15, -0.1) is 11.3 Å². The van der Waals surface area contributed by atoms with Crippen LogP contribution in [0.4, 0.5) is 5.69 Å². The number of fused-ring (bicyclic) bond motifs is 1. The lowest BCUT2D eigenvalue weighted by atomic mass is 9.85. The molecule has 0 saturated heterocycles. The second kappa shape index (κ2) is 8.39. The van der Waals surface area contributed by atoms with Gasteiger partial charge in [-0.2, -0.15) is 0 Å². The summed E-state index contributed by atoms with van der Waals surface area (Å²) in [5.74, 6) is 2.42. The van der Waals surface area contributed by atoms with E-state index in [1.807, 2.05) is 23.6 Å². The predicted molar refractivity (Wildman–Crippen MR) is 120 cm³/mol. The van der Waals surface area contributed by atoms with Gasteiger partial charge >= 0.3 is 0 Å². The molecule has 8 heteroatoms. The Hall–Kier alpha value is -3.39. The van der Waals surface area contributed by atoms with E-state index in [2.05, 4.69) is 20.3 Å². The molecule has 1 saturated carbocycles. The molecule has 1 aliphatic rings. The number of hydrogen-bond acceptors (Lipinski definition) is 6. The van der Waals surface area contributed by atoms with Crippen LogP contribution < -0.4 is 14.8 Å². The number of imidazole rings is 1. The quantitative estimate of drug-likeness (QED) is 0.421. The van der Waals surface area contributed by atoms with Crippen molar-refractivity contribution in [3.05, 3.63) is 64.4 Å². The summed E-state index contributed by atoms with van der Waals surface area (Å²) >= 11 is 1.52. The smallest absolute Gasteiger partial charge is 0.255 e. The zero-order chi connectivity index (χ0) is 21.2. The number of aromatic nitrogens is 3. The maximum absolute atomic E-state index is 12.8. The Labute approximate surface area is 183 Å². The molecule has 2 aromatic heterocycles. The van der Waals surface area contributed by atoms with E-state index < -0.39 is 0 Å². The van der Waals surface area contributed by atoms with Crippen LogP contribution >= 0.6 is 11.3 Å². The monoisotopic (exact) mass is 434 g/mol. The van der Waals surface area contributed by atoms with Crippen molar-refractivity contribution in [2.75, 3.05) is 12.4 Å². The number of benzene rings is 2. The molecular weight excluding hydrogens is 412 g/mol. The largest absolute Gasteiger partial charge is 0.493 e. The maximum atomic E-state index is 12.8. The number of carbonyl (C=O) groups excluding carboxylic acids is 1. The summed E-state index contributed by atoms with van der Waals surface area (Å²) in [6.07, 6.45) is 3.64. The number of methoxy groups -OCH3 is 1. The van der Waals surface area contributed by atoms with Crippen molar-refractivity contribution in [1.82, 2.24) is 15.0 Å². The van der Waals surface area contributed by atoms with E-state index in [1.54, 1.807) is 30.8 Å². The van der Waals surface area contributed by atoms with E-state index in [0.29, 0.717) is 35.3 Å². The number of amides is 1. The van der Waals surface area contributed by atoms with Gasteiger partial charge in [0.25, 0.3) is 5.91 Å². The average Bonchev–Trinajstić information content (AvgIpc) is 3.40. The first-order valence-electron chi connectivity index (χ1n) is 10.2. The van der Waals surface area contributed by atoms with Gasteiger partial charge in [0.15, 0.2) is 11.5 Å². The molecule has 31 heavy (non-hydrogen) atoms. The second-order valence-electron chi connectivity index (χ2n) is 7.57. The number of anilines is 1. The second-order valence-corrected chi connectivity index (χ2v) is 8.29. The Morgan fingerprint density at radius 3 is 2.87 bits per heavy atom. The number of H-pyrrole nitrogens is 1. The molecule has 0 spiro atoms. The van der Waals surface area contributed by atoms with Crippen LogP contribution in [0.1, 0.15) is 47.1 Å². The Morgan fingerprint density at radius 2 is 2.13 bits per heavy atom. The highest BCUT2D eigenvalue weighted by Gasteiger charge is 2.22. The van der Waals surface area contributed by atoms with Crippen LogP contribution in [-0.4, -0.2) is 28.0 Å². The minimum absolute atomic E-state index is 0.220. The zero-order valence-electron chi connectivity index (χ0n) is 17.1. The fraction of sp³-hybridized carbons (Fsp3) is 0.261. The van der Waals surface area contributed by atoms with Crippen molar-refractivity contribution < 1.29 is 14.3 Å². The van der Waals surface area contributed by atoms with E-state index >= 15 is 0 Å². The minimum Gasteiger partial charge on any atom is -0.493 e. The molecule has 2 N–H and O–H groups in total. The van der Waals surface area contributed by atoms with Gasteiger partial charge in [-0.3, -0.25) is 4.79 Å². The lowest BCUT2D eigenvalue weighted by Gasteiger charge is -2.22. The summed E-state index contributed by atoms with van der Waals surface area (Å²) in [5, 5.41) is 4.88. The third-order valence-corrected chi connectivity index (χ3v) is 6.17. The first-order chi connectivity index (χ1) is 15.2. The molecular formula is C23H22N4O3S. The lowest BCUT2D eigenvalue weighted by Crippen LogP contribution is -2.12. The molecule has 4 aromatic rings. The summed E-state index contributed by atoms with van der Waals surface area (Å²) in [6, 6.07) is 10.9. The van der Waals surface area contributed by atoms with E-state index in [0.717, 1.165) is 22.6 Å². The Kier molecular flexibility index (Phi) is 5.30. The SMILES string of the molecule is COc1cc(C(=O)Nc2ccc3nc(C4CCC4)[nH]c3c2)ccc1OCc1cscn1. The molecule has 0 aliphatic heterocycles. The van der Waals surface area contributed by atoms with Gasteiger partial charge in [0, 0.05) is 22.5 Å². The van der Waals surface area contributed by atoms with Gasteiger partial charge in [-0.05, 0) is 49.2 Å². The van der Waals surface area contributed by atoms with Crippen LogP contribution in [0, 0.1) is 0 Å². The molecule has 1 fully saturated rings. The van der Waals surface area contributed by atoms with Gasteiger partial charge in [-0.1, -0.05) is 6.42 Å². The molecule has 0 radical (unpaired) electrons. The third-order valence-electron chi connectivity index (χ3n) is 5.53. The van der Waals surface area contributed by atoms with Crippen molar-refractivity contribution >= 4 is 34.0 Å². The lowest BCUT2D eigenvalue weighted by molar-refractivity contribution is 0.102. The fourth-order valence-electron chi connectivity index (χ4n) is 3.57. The van der Waals surface area contributed by atoms with E-state index in [9.17, 15) is 4.79 Å². The topological polar surface area (TPSA) is 89.1 Å². The molecule has 2 heterocycles. The number of hydrogen-bond donors (Lipinski definition) is 2. The van der Waals surface area contributed by atoms with Gasteiger partial charge < -0.3 is 19.8 Å². The van der Waals surface area contributed by atoms with E-state index in [-0.39, 0.29) is 5.91 Å². The minimum atomic E-state index is -0.220. The Morgan fingerprint density at radius 1 is 1.23 bits per heavy atom. The average molecular weight is 435 g/mol. The van der Waals surface area contributed by atoms with Gasteiger partial charge in [-0.25, -0.2) is 9.97 Å². The van der Waals surface area contributed by atoms with Crippen LogP contribution in [0.3, 0.4) is 0 Å². The first kappa shape index (κ1) is 19.6. The number of rotatable bonds is 7. The number of aromatic amines is 1. The van der Waals surface area contributed by atoms with Crippen molar-refractivity contribution in [3.8, 4) is 11.5 Å². The highest BCUT2D eigenvalue weighted by Crippen LogP contribution is 2.35. The summed E-state index contributed by atoms with van der Waals surface area (Å²) in [6.45, 7) is 0.346. The maximum Gasteiger partial charge on any atom is 0.255 e. The van der Waals surface area contributed by atoms with Crippen LogP contribution in [0.5, 0.6) is 11.5 Å². The molecule has 1 amide bonds. The van der Waals surface area contributed by atoms with Crippen LogP contribution in [0.25, 0.3) is 11.0 Å². The fourth-order valence-corrected chi connectivity index (χ4v) is 4.12. The summed E-state index contributed by atoms with van der Waals surface area (Å²) in [4.78, 5) is 25.1. The number of thiazole rings is 1. The number of nitrogens with zero attached hydrogens (tertiary/aromatic N) is 2. The van der Waals surface area contributed by atoms with Gasteiger partial charge in [0.2, 0.25) is 0 Å². The molecule has 158 valence electrons. The first-order valence-corrected chi connectivity index (χ1v) is 11.1. The normalized spacial score (nSPS) is 13.7. The van der Waals surface area contributed by atoms with E-state index in [1.165, 1.54) is 30.6 Å². The van der Waals surface area contributed by atoms with E-state index in [4.69, 9.17) is 9.47 Å². The number of carbonyl (C=O) groups is 1. The zero-order valence-corrected chi connectivity index (χ0v) is 17.9.